The molecule has 0 aliphatic carbocycles. The molecule has 0 radical (unpaired) electrons. The van der Waals surface area contributed by atoms with E-state index in [0.717, 1.165) is 23.1 Å². The molecule has 1 aliphatic rings. The molecule has 4 nitrogen and oxygen atoms in total. The molecular weight excluding hydrogens is 264 g/mol. The van der Waals surface area contributed by atoms with Crippen molar-refractivity contribution < 1.29 is 0 Å². The highest BCUT2D eigenvalue weighted by atomic mass is 32.1. The number of hydrogen-bond acceptors (Lipinski definition) is 6. The Bertz CT molecular complexity index is 534. The topological polar surface area (TPSA) is 55.0 Å². The predicted octanol–water partition coefficient (Wildman–Crippen LogP) is 3.23. The maximum atomic E-state index is 5.66. The number of anilines is 2. The van der Waals surface area contributed by atoms with Crippen LogP contribution in [0.5, 0.6) is 0 Å². The molecule has 1 aliphatic heterocycles. The van der Waals surface area contributed by atoms with Gasteiger partial charge in [-0.1, -0.05) is 0 Å². The van der Waals surface area contributed by atoms with Crippen LogP contribution in [0, 0.1) is 0 Å². The van der Waals surface area contributed by atoms with E-state index in [2.05, 4.69) is 22.2 Å². The Hall–Kier alpha value is -1.14. The molecule has 0 amide bonds. The fourth-order valence-electron chi connectivity index (χ4n) is 2.30. The van der Waals surface area contributed by atoms with Crippen LogP contribution in [0.1, 0.15) is 26.2 Å². The zero-order valence-corrected chi connectivity index (χ0v) is 11.9. The Balaban J connectivity index is 1.84. The van der Waals surface area contributed by atoms with Crippen LogP contribution in [0.2, 0.25) is 0 Å². The van der Waals surface area contributed by atoms with E-state index < -0.39 is 0 Å². The summed E-state index contributed by atoms with van der Waals surface area (Å²) in [6, 6.07) is 0.596. The monoisotopic (exact) mass is 280 g/mol. The summed E-state index contributed by atoms with van der Waals surface area (Å²) in [5.41, 5.74) is 7.50. The molecule has 1 atom stereocenters. The second kappa shape index (κ2) is 4.85. The van der Waals surface area contributed by atoms with Crippen molar-refractivity contribution in [1.82, 2.24) is 9.97 Å². The number of hydrogen-bond donors (Lipinski definition) is 1. The van der Waals surface area contributed by atoms with Gasteiger partial charge in [0.15, 0.2) is 10.3 Å². The minimum absolute atomic E-state index is 0.596. The molecule has 2 N–H and O–H groups in total. The second-order valence-corrected chi connectivity index (χ2v) is 6.35. The molecule has 0 spiro atoms. The molecule has 1 unspecified atom stereocenters. The van der Waals surface area contributed by atoms with Crippen LogP contribution >= 0.6 is 22.7 Å². The molecule has 0 aromatic carbocycles. The van der Waals surface area contributed by atoms with Gasteiger partial charge in [-0.3, -0.25) is 0 Å². The number of rotatable bonds is 2. The molecule has 0 saturated carbocycles. The third-order valence-corrected chi connectivity index (χ3v) is 4.88. The van der Waals surface area contributed by atoms with E-state index in [1.807, 2.05) is 5.38 Å². The van der Waals surface area contributed by atoms with Crippen molar-refractivity contribution in [2.24, 2.45) is 0 Å². The number of aromatic nitrogens is 2. The van der Waals surface area contributed by atoms with Gasteiger partial charge in [-0.05, 0) is 26.2 Å². The van der Waals surface area contributed by atoms with E-state index in [-0.39, 0.29) is 0 Å². The van der Waals surface area contributed by atoms with E-state index in [4.69, 9.17) is 10.7 Å². The zero-order valence-electron chi connectivity index (χ0n) is 10.3. The van der Waals surface area contributed by atoms with Gasteiger partial charge in [-0.15, -0.1) is 22.7 Å². The Morgan fingerprint density at radius 3 is 2.72 bits per heavy atom. The third-order valence-electron chi connectivity index (χ3n) is 3.33. The average Bonchev–Trinajstić information content (AvgIpc) is 2.98. The SMILES string of the molecule is CC1CCCCN1c1nc(-c2csc(N)n2)cs1. The van der Waals surface area contributed by atoms with E-state index in [1.54, 1.807) is 11.3 Å². The summed E-state index contributed by atoms with van der Waals surface area (Å²) in [5, 5.41) is 5.76. The smallest absolute Gasteiger partial charge is 0.186 e. The van der Waals surface area contributed by atoms with Gasteiger partial charge >= 0.3 is 0 Å². The van der Waals surface area contributed by atoms with E-state index in [0.29, 0.717) is 11.2 Å². The molecule has 0 bridgehead atoms. The first kappa shape index (κ1) is 11.9. The first-order valence-electron chi connectivity index (χ1n) is 6.17. The Labute approximate surface area is 114 Å². The van der Waals surface area contributed by atoms with Crippen LogP contribution < -0.4 is 10.6 Å². The van der Waals surface area contributed by atoms with Crippen molar-refractivity contribution in [2.45, 2.75) is 32.2 Å². The first-order chi connectivity index (χ1) is 8.74. The Kier molecular flexibility index (Phi) is 3.22. The van der Waals surface area contributed by atoms with Gasteiger partial charge < -0.3 is 10.6 Å². The van der Waals surface area contributed by atoms with E-state index >= 15 is 0 Å². The summed E-state index contributed by atoms with van der Waals surface area (Å²) in [6.45, 7) is 3.40. The van der Waals surface area contributed by atoms with Crippen LogP contribution in [-0.4, -0.2) is 22.6 Å². The van der Waals surface area contributed by atoms with Crippen LogP contribution in [0.4, 0.5) is 10.3 Å². The number of nitrogens with zero attached hydrogens (tertiary/aromatic N) is 3. The normalized spacial score (nSPS) is 20.3. The summed E-state index contributed by atoms with van der Waals surface area (Å²) in [5.74, 6) is 0. The summed E-state index contributed by atoms with van der Waals surface area (Å²) in [7, 11) is 0. The highest BCUT2D eigenvalue weighted by molar-refractivity contribution is 7.14. The molecule has 3 rings (SSSR count). The highest BCUT2D eigenvalue weighted by Crippen LogP contribution is 2.32. The van der Waals surface area contributed by atoms with Crippen molar-refractivity contribution in [1.29, 1.82) is 0 Å². The van der Waals surface area contributed by atoms with Crippen LogP contribution in [0.25, 0.3) is 11.4 Å². The number of thiazole rings is 2. The second-order valence-electron chi connectivity index (χ2n) is 4.62. The Morgan fingerprint density at radius 1 is 1.22 bits per heavy atom. The summed E-state index contributed by atoms with van der Waals surface area (Å²) < 4.78 is 0. The molecular formula is C12H16N4S2. The molecule has 96 valence electrons. The summed E-state index contributed by atoms with van der Waals surface area (Å²) >= 11 is 3.16. The maximum absolute atomic E-state index is 5.66. The molecule has 1 fully saturated rings. The van der Waals surface area contributed by atoms with Crippen LogP contribution in [-0.2, 0) is 0 Å². The van der Waals surface area contributed by atoms with E-state index in [1.165, 1.54) is 30.6 Å². The van der Waals surface area contributed by atoms with Gasteiger partial charge in [0.25, 0.3) is 0 Å². The predicted molar refractivity (Wildman–Crippen MR) is 78.3 cm³/mol. The average molecular weight is 280 g/mol. The minimum Gasteiger partial charge on any atom is -0.375 e. The summed E-state index contributed by atoms with van der Waals surface area (Å²) in [4.78, 5) is 11.4. The van der Waals surface area contributed by atoms with E-state index in [9.17, 15) is 0 Å². The van der Waals surface area contributed by atoms with Gasteiger partial charge in [-0.25, -0.2) is 9.97 Å². The van der Waals surface area contributed by atoms with Crippen molar-refractivity contribution in [3.05, 3.63) is 10.8 Å². The first-order valence-corrected chi connectivity index (χ1v) is 7.93. The molecule has 2 aromatic rings. The third kappa shape index (κ3) is 2.22. The van der Waals surface area contributed by atoms with Gasteiger partial charge in [0.2, 0.25) is 0 Å². The zero-order chi connectivity index (χ0) is 12.5. The van der Waals surface area contributed by atoms with Gasteiger partial charge in [0.1, 0.15) is 11.4 Å². The molecule has 2 aromatic heterocycles. The van der Waals surface area contributed by atoms with Crippen LogP contribution in [0.3, 0.4) is 0 Å². The van der Waals surface area contributed by atoms with Crippen molar-refractivity contribution in [3.8, 4) is 11.4 Å². The standard InChI is InChI=1S/C12H16N4S2/c1-8-4-2-3-5-16(8)12-15-10(7-18-12)9-6-17-11(13)14-9/h6-8H,2-5H2,1H3,(H2,13,14). The lowest BCUT2D eigenvalue weighted by Gasteiger charge is -2.33. The van der Waals surface area contributed by atoms with Crippen molar-refractivity contribution in [2.75, 3.05) is 17.2 Å². The van der Waals surface area contributed by atoms with Crippen LogP contribution in [0.15, 0.2) is 10.8 Å². The summed E-state index contributed by atoms with van der Waals surface area (Å²) in [6.07, 6.45) is 3.86. The van der Waals surface area contributed by atoms with Gasteiger partial charge in [0, 0.05) is 23.3 Å². The van der Waals surface area contributed by atoms with Crippen molar-refractivity contribution in [3.63, 3.8) is 0 Å². The fraction of sp³-hybridized carbons (Fsp3) is 0.500. The number of piperidine rings is 1. The Morgan fingerprint density at radius 2 is 2.00 bits per heavy atom. The largest absolute Gasteiger partial charge is 0.375 e. The molecule has 6 heteroatoms. The number of nitrogens with two attached hydrogens (primary N) is 1. The quantitative estimate of drug-likeness (QED) is 0.917. The fourth-order valence-corrected chi connectivity index (χ4v) is 3.81. The highest BCUT2D eigenvalue weighted by Gasteiger charge is 2.21. The van der Waals surface area contributed by atoms with Gasteiger partial charge in [-0.2, -0.15) is 0 Å². The molecule has 1 saturated heterocycles. The molecule has 18 heavy (non-hydrogen) atoms. The maximum Gasteiger partial charge on any atom is 0.186 e. The molecule has 3 heterocycles. The minimum atomic E-state index is 0.596. The number of nitrogen functional groups attached to an aromatic ring is 1. The lowest BCUT2D eigenvalue weighted by molar-refractivity contribution is 0.484. The lowest BCUT2D eigenvalue weighted by Crippen LogP contribution is -2.37. The lowest BCUT2D eigenvalue weighted by atomic mass is 10.1. The van der Waals surface area contributed by atoms with Crippen molar-refractivity contribution >= 4 is 32.9 Å². The van der Waals surface area contributed by atoms with Gasteiger partial charge in [0.05, 0.1) is 0 Å².